The SMILES string of the molecule is CCN1CCC(c2ccccc2)CC1(C(N)=O)[C@H](C)C(=O)NCc1ccc(-c2noc(C(F)F)n2)cc1. The molecule has 37 heavy (non-hydrogen) atoms. The molecule has 2 heterocycles. The lowest BCUT2D eigenvalue weighted by Gasteiger charge is -2.50. The van der Waals surface area contributed by atoms with Gasteiger partial charge in [-0.05, 0) is 43.0 Å². The first-order valence-electron chi connectivity index (χ1n) is 12.3. The minimum absolute atomic E-state index is 0.0628. The Morgan fingerprint density at radius 2 is 1.89 bits per heavy atom. The largest absolute Gasteiger partial charge is 0.368 e. The fourth-order valence-electron chi connectivity index (χ4n) is 5.26. The molecule has 3 aromatic rings. The number of likely N-dealkylation sites (tertiary alicyclic amines) is 1. The second-order valence-electron chi connectivity index (χ2n) is 9.36. The molecule has 196 valence electrons. The van der Waals surface area contributed by atoms with E-state index in [0.29, 0.717) is 25.1 Å². The van der Waals surface area contributed by atoms with Crippen molar-refractivity contribution in [1.82, 2.24) is 20.4 Å². The second-order valence-corrected chi connectivity index (χ2v) is 9.36. The van der Waals surface area contributed by atoms with Gasteiger partial charge in [0.1, 0.15) is 5.54 Å². The lowest BCUT2D eigenvalue weighted by Crippen LogP contribution is -2.66. The summed E-state index contributed by atoms with van der Waals surface area (Å²) >= 11 is 0. The van der Waals surface area contributed by atoms with Crippen LogP contribution in [-0.4, -0.2) is 45.5 Å². The number of carbonyl (C=O) groups excluding carboxylic acids is 2. The number of amides is 2. The van der Waals surface area contributed by atoms with Crippen LogP contribution in [0.4, 0.5) is 8.78 Å². The molecule has 1 aromatic heterocycles. The number of alkyl halides is 2. The van der Waals surface area contributed by atoms with Crippen molar-refractivity contribution in [1.29, 1.82) is 0 Å². The number of piperidine rings is 1. The molecular formula is C27H31F2N5O3. The zero-order valence-corrected chi connectivity index (χ0v) is 20.9. The predicted octanol–water partition coefficient (Wildman–Crippen LogP) is 4.05. The highest BCUT2D eigenvalue weighted by molar-refractivity contribution is 5.93. The summed E-state index contributed by atoms with van der Waals surface area (Å²) in [5, 5.41) is 6.50. The van der Waals surface area contributed by atoms with Gasteiger partial charge in [0.15, 0.2) is 0 Å². The Labute approximate surface area is 214 Å². The molecule has 3 atom stereocenters. The molecule has 1 aliphatic heterocycles. The third-order valence-corrected chi connectivity index (χ3v) is 7.37. The van der Waals surface area contributed by atoms with E-state index in [1.807, 2.05) is 30.0 Å². The molecule has 1 aliphatic rings. The number of carbonyl (C=O) groups is 2. The minimum Gasteiger partial charge on any atom is -0.368 e. The first-order valence-corrected chi connectivity index (χ1v) is 12.3. The summed E-state index contributed by atoms with van der Waals surface area (Å²) in [7, 11) is 0. The van der Waals surface area contributed by atoms with Crippen LogP contribution in [0.25, 0.3) is 11.4 Å². The van der Waals surface area contributed by atoms with Gasteiger partial charge in [0.05, 0.1) is 5.92 Å². The number of nitrogens with zero attached hydrogens (tertiary/aromatic N) is 3. The molecule has 4 rings (SSSR count). The number of primary amides is 1. The Morgan fingerprint density at radius 3 is 2.49 bits per heavy atom. The zero-order chi connectivity index (χ0) is 26.6. The van der Waals surface area contributed by atoms with Crippen LogP contribution in [0.2, 0.25) is 0 Å². The van der Waals surface area contributed by atoms with Crippen LogP contribution < -0.4 is 11.1 Å². The van der Waals surface area contributed by atoms with Crippen molar-refractivity contribution in [3.63, 3.8) is 0 Å². The van der Waals surface area contributed by atoms with Crippen molar-refractivity contribution in [3.8, 4) is 11.4 Å². The second kappa shape index (κ2) is 11.2. The number of nitrogens with two attached hydrogens (primary N) is 1. The smallest absolute Gasteiger partial charge is 0.315 e. The van der Waals surface area contributed by atoms with Gasteiger partial charge in [-0.1, -0.05) is 73.6 Å². The number of aromatic nitrogens is 2. The van der Waals surface area contributed by atoms with Gasteiger partial charge in [0, 0.05) is 12.1 Å². The number of halogens is 2. The lowest BCUT2D eigenvalue weighted by atomic mass is 9.70. The number of rotatable bonds is 9. The van der Waals surface area contributed by atoms with E-state index in [0.717, 1.165) is 17.5 Å². The number of hydrogen-bond acceptors (Lipinski definition) is 6. The van der Waals surface area contributed by atoms with E-state index in [1.165, 1.54) is 0 Å². The van der Waals surface area contributed by atoms with E-state index < -0.39 is 29.7 Å². The number of hydrogen-bond donors (Lipinski definition) is 2. The standard InChI is InChI=1S/C27H31F2N5O3/c1-3-34-14-13-21(19-7-5-4-6-8-19)15-27(34,26(30)36)17(2)24(35)31-16-18-9-11-20(12-10-18)23-32-25(22(28)29)37-33-23/h4-12,17,21-22H,3,13-16H2,1-2H3,(H2,30,36)(H,31,35)/t17-,21?,27?/m1/s1. The predicted molar refractivity (Wildman–Crippen MR) is 133 cm³/mol. The van der Waals surface area contributed by atoms with Crippen LogP contribution in [0.3, 0.4) is 0 Å². The average Bonchev–Trinajstić information content (AvgIpc) is 3.42. The molecule has 8 nitrogen and oxygen atoms in total. The van der Waals surface area contributed by atoms with Crippen LogP contribution in [0.1, 0.15) is 56.1 Å². The highest BCUT2D eigenvalue weighted by Crippen LogP contribution is 2.42. The molecule has 0 bridgehead atoms. The van der Waals surface area contributed by atoms with E-state index in [2.05, 4.69) is 32.1 Å². The maximum Gasteiger partial charge on any atom is 0.315 e. The molecule has 1 fully saturated rings. The Bertz CT molecular complexity index is 1220. The molecular weight excluding hydrogens is 480 g/mol. The van der Waals surface area contributed by atoms with Crippen LogP contribution >= 0.6 is 0 Å². The van der Waals surface area contributed by atoms with Crippen LogP contribution in [0.5, 0.6) is 0 Å². The summed E-state index contributed by atoms with van der Waals surface area (Å²) in [4.78, 5) is 32.0. The topological polar surface area (TPSA) is 114 Å². The van der Waals surface area contributed by atoms with Gasteiger partial charge in [-0.15, -0.1) is 0 Å². The van der Waals surface area contributed by atoms with Crippen LogP contribution in [0, 0.1) is 5.92 Å². The monoisotopic (exact) mass is 511 g/mol. The number of likely N-dealkylation sites (N-methyl/N-ethyl adjacent to an activating group) is 1. The highest BCUT2D eigenvalue weighted by atomic mass is 19.3. The van der Waals surface area contributed by atoms with Gasteiger partial charge in [-0.3, -0.25) is 14.5 Å². The first-order chi connectivity index (χ1) is 17.8. The zero-order valence-electron chi connectivity index (χ0n) is 20.9. The molecule has 2 amide bonds. The maximum atomic E-state index is 13.3. The summed E-state index contributed by atoms with van der Waals surface area (Å²) in [5.74, 6) is -1.99. The van der Waals surface area contributed by atoms with Gasteiger partial charge in [-0.2, -0.15) is 13.8 Å². The molecule has 2 unspecified atom stereocenters. The van der Waals surface area contributed by atoms with Crippen molar-refractivity contribution in [2.24, 2.45) is 11.7 Å². The summed E-state index contributed by atoms with van der Waals surface area (Å²) in [6.45, 7) is 5.23. The van der Waals surface area contributed by atoms with Crippen molar-refractivity contribution < 1.29 is 22.9 Å². The third-order valence-electron chi connectivity index (χ3n) is 7.37. The highest BCUT2D eigenvalue weighted by Gasteiger charge is 2.52. The number of benzene rings is 2. The number of nitrogens with one attached hydrogen (secondary N) is 1. The van der Waals surface area contributed by atoms with Gasteiger partial charge < -0.3 is 15.6 Å². The lowest BCUT2D eigenvalue weighted by molar-refractivity contribution is -0.146. The Hall–Kier alpha value is -3.66. The van der Waals surface area contributed by atoms with Gasteiger partial charge >= 0.3 is 6.43 Å². The molecule has 0 spiro atoms. The summed E-state index contributed by atoms with van der Waals surface area (Å²) in [6, 6.07) is 16.8. The van der Waals surface area contributed by atoms with E-state index in [-0.39, 0.29) is 24.2 Å². The molecule has 3 N–H and O–H groups in total. The van der Waals surface area contributed by atoms with E-state index in [9.17, 15) is 18.4 Å². The Morgan fingerprint density at radius 1 is 1.19 bits per heavy atom. The van der Waals surface area contributed by atoms with Crippen molar-refractivity contribution in [2.45, 2.75) is 51.1 Å². The normalized spacial score (nSPS) is 21.1. The quantitative estimate of drug-likeness (QED) is 0.448. The van der Waals surface area contributed by atoms with Crippen molar-refractivity contribution in [3.05, 3.63) is 71.6 Å². The molecule has 0 saturated carbocycles. The van der Waals surface area contributed by atoms with Crippen LogP contribution in [-0.2, 0) is 16.1 Å². The summed E-state index contributed by atoms with van der Waals surface area (Å²) in [6.07, 6.45) is -1.49. The van der Waals surface area contributed by atoms with Crippen LogP contribution in [0.15, 0.2) is 59.1 Å². The minimum atomic E-state index is -2.84. The summed E-state index contributed by atoms with van der Waals surface area (Å²) < 4.78 is 29.9. The van der Waals surface area contributed by atoms with E-state index in [1.54, 1.807) is 31.2 Å². The molecule has 2 aromatic carbocycles. The molecule has 0 radical (unpaired) electrons. The molecule has 0 aliphatic carbocycles. The first kappa shape index (κ1) is 26.4. The Balaban J connectivity index is 1.47. The van der Waals surface area contributed by atoms with Gasteiger partial charge in [0.2, 0.25) is 17.6 Å². The third kappa shape index (κ3) is 5.39. The fourth-order valence-corrected chi connectivity index (χ4v) is 5.26. The molecule has 10 heteroatoms. The van der Waals surface area contributed by atoms with Gasteiger partial charge in [0.25, 0.3) is 5.89 Å². The van der Waals surface area contributed by atoms with E-state index in [4.69, 9.17) is 5.73 Å². The Kier molecular flexibility index (Phi) is 7.97. The van der Waals surface area contributed by atoms with E-state index >= 15 is 0 Å². The van der Waals surface area contributed by atoms with Gasteiger partial charge in [-0.25, -0.2) is 0 Å². The summed E-state index contributed by atoms with van der Waals surface area (Å²) in [5.41, 5.74) is 7.35. The van der Waals surface area contributed by atoms with Crippen molar-refractivity contribution in [2.75, 3.05) is 13.1 Å². The maximum absolute atomic E-state index is 13.3. The molecule has 1 saturated heterocycles. The fraction of sp³-hybridized carbons (Fsp3) is 0.407. The van der Waals surface area contributed by atoms with Crippen molar-refractivity contribution >= 4 is 11.8 Å². The average molecular weight is 512 g/mol.